The number of nitrogens with one attached hydrogen (secondary N) is 1. The number of thioether (sulfide) groups is 1. The van der Waals surface area contributed by atoms with Crippen LogP contribution in [0, 0.1) is 5.82 Å². The molecule has 152 valence electrons. The molecule has 0 saturated heterocycles. The Balaban J connectivity index is 1.71. The van der Waals surface area contributed by atoms with Crippen molar-refractivity contribution in [3.63, 3.8) is 0 Å². The van der Waals surface area contributed by atoms with E-state index in [2.05, 4.69) is 15.5 Å². The fraction of sp³-hybridized carbons (Fsp3) is 0.286. The first-order chi connectivity index (χ1) is 14.1. The Morgan fingerprint density at radius 2 is 1.90 bits per heavy atom. The number of aromatic nitrogens is 3. The first kappa shape index (κ1) is 21.0. The monoisotopic (exact) mass is 414 g/mol. The second kappa shape index (κ2) is 10.2. The zero-order chi connectivity index (χ0) is 20.6. The number of nitrogens with zero attached hydrogens (tertiary/aromatic N) is 3. The molecule has 1 amide bonds. The molecule has 1 atom stereocenters. The number of halogens is 1. The lowest BCUT2D eigenvalue weighted by atomic mass is 10.1. The van der Waals surface area contributed by atoms with Gasteiger partial charge in [-0.05, 0) is 36.8 Å². The average Bonchev–Trinajstić information content (AvgIpc) is 3.09. The summed E-state index contributed by atoms with van der Waals surface area (Å²) < 4.78 is 20.2. The van der Waals surface area contributed by atoms with Crippen LogP contribution in [-0.4, -0.2) is 39.6 Å². The number of hydrogen-bond acceptors (Lipinski definition) is 5. The van der Waals surface area contributed by atoms with Crippen LogP contribution >= 0.6 is 11.8 Å². The van der Waals surface area contributed by atoms with E-state index < -0.39 is 5.25 Å². The summed E-state index contributed by atoms with van der Waals surface area (Å²) in [6.45, 7) is 2.92. The second-order valence-corrected chi connectivity index (χ2v) is 7.77. The van der Waals surface area contributed by atoms with E-state index in [0.29, 0.717) is 30.4 Å². The van der Waals surface area contributed by atoms with Crippen molar-refractivity contribution in [1.29, 1.82) is 0 Å². The summed E-state index contributed by atoms with van der Waals surface area (Å²) in [6.07, 6.45) is 0.647. The number of carbonyl (C=O) groups excluding carboxylic acids is 1. The van der Waals surface area contributed by atoms with Crippen molar-refractivity contribution >= 4 is 23.4 Å². The highest BCUT2D eigenvalue weighted by Crippen LogP contribution is 2.24. The highest BCUT2D eigenvalue weighted by Gasteiger charge is 2.20. The molecule has 0 aliphatic rings. The van der Waals surface area contributed by atoms with E-state index >= 15 is 0 Å². The van der Waals surface area contributed by atoms with E-state index in [-0.39, 0.29) is 11.7 Å². The Morgan fingerprint density at radius 3 is 2.59 bits per heavy atom. The smallest absolute Gasteiger partial charge is 0.237 e. The van der Waals surface area contributed by atoms with E-state index in [1.165, 1.54) is 36.0 Å². The number of ether oxygens (including phenoxy) is 1. The molecular weight excluding hydrogens is 391 g/mol. The van der Waals surface area contributed by atoms with Crippen LogP contribution < -0.4 is 5.32 Å². The molecule has 1 heterocycles. The number of methoxy groups -OCH3 is 1. The van der Waals surface area contributed by atoms with Gasteiger partial charge in [-0.3, -0.25) is 4.79 Å². The average molecular weight is 415 g/mol. The summed E-state index contributed by atoms with van der Waals surface area (Å²) in [5.41, 5.74) is 1.69. The van der Waals surface area contributed by atoms with Crippen molar-refractivity contribution in [2.75, 3.05) is 19.0 Å². The van der Waals surface area contributed by atoms with Crippen molar-refractivity contribution < 1.29 is 13.9 Å². The van der Waals surface area contributed by atoms with Crippen LogP contribution in [0.5, 0.6) is 0 Å². The summed E-state index contributed by atoms with van der Waals surface area (Å²) in [5.74, 6) is 0.289. The highest BCUT2D eigenvalue weighted by molar-refractivity contribution is 8.00. The quantitative estimate of drug-likeness (QED) is 0.540. The van der Waals surface area contributed by atoms with Gasteiger partial charge in [0.05, 0.1) is 11.9 Å². The Labute approximate surface area is 173 Å². The van der Waals surface area contributed by atoms with Gasteiger partial charge in [-0.15, -0.1) is 10.2 Å². The molecule has 0 fully saturated rings. The Hall–Kier alpha value is -2.71. The van der Waals surface area contributed by atoms with Crippen molar-refractivity contribution in [2.24, 2.45) is 0 Å². The minimum absolute atomic E-state index is 0.187. The van der Waals surface area contributed by atoms with E-state index in [1.807, 2.05) is 34.9 Å². The third-order valence-electron chi connectivity index (χ3n) is 4.28. The summed E-state index contributed by atoms with van der Waals surface area (Å²) in [5, 5.41) is 11.7. The molecule has 1 N–H and O–H groups in total. The van der Waals surface area contributed by atoms with Gasteiger partial charge in [0.2, 0.25) is 5.91 Å². The van der Waals surface area contributed by atoms with Gasteiger partial charge in [-0.1, -0.05) is 42.1 Å². The molecule has 0 unspecified atom stereocenters. The fourth-order valence-corrected chi connectivity index (χ4v) is 3.61. The van der Waals surface area contributed by atoms with E-state index in [4.69, 9.17) is 4.74 Å². The maximum absolute atomic E-state index is 13.0. The van der Waals surface area contributed by atoms with Crippen molar-refractivity contribution in [3.8, 4) is 0 Å². The van der Waals surface area contributed by atoms with Crippen LogP contribution in [0.1, 0.15) is 18.3 Å². The summed E-state index contributed by atoms with van der Waals surface area (Å²) in [4.78, 5) is 12.5. The van der Waals surface area contributed by atoms with Crippen LogP contribution in [0.15, 0.2) is 59.8 Å². The first-order valence-corrected chi connectivity index (χ1v) is 10.1. The maximum Gasteiger partial charge on any atom is 0.237 e. The van der Waals surface area contributed by atoms with Gasteiger partial charge in [-0.25, -0.2) is 4.39 Å². The molecule has 2 aromatic carbocycles. The summed E-state index contributed by atoms with van der Waals surface area (Å²) in [7, 11) is 1.65. The van der Waals surface area contributed by atoms with Gasteiger partial charge in [0.25, 0.3) is 0 Å². The van der Waals surface area contributed by atoms with Gasteiger partial charge in [0, 0.05) is 25.8 Å². The number of anilines is 1. The third-order valence-corrected chi connectivity index (χ3v) is 5.36. The van der Waals surface area contributed by atoms with Gasteiger partial charge < -0.3 is 14.6 Å². The number of rotatable bonds is 9. The maximum atomic E-state index is 13.0. The lowest BCUT2D eigenvalue weighted by molar-refractivity contribution is -0.115. The van der Waals surface area contributed by atoms with E-state index in [9.17, 15) is 9.18 Å². The lowest BCUT2D eigenvalue weighted by Gasteiger charge is -2.14. The van der Waals surface area contributed by atoms with Crippen molar-refractivity contribution in [2.45, 2.75) is 30.3 Å². The zero-order valence-corrected chi connectivity index (χ0v) is 17.2. The molecular formula is C21H23FN4O2S. The number of amides is 1. The molecule has 0 spiro atoms. The third kappa shape index (κ3) is 5.88. The Morgan fingerprint density at radius 1 is 1.17 bits per heavy atom. The SMILES string of the molecule is COCCn1c(Cc2ccccc2)nnc1S[C@H](C)C(=O)Nc1ccc(F)cc1. The zero-order valence-electron chi connectivity index (χ0n) is 16.3. The molecule has 0 saturated carbocycles. The second-order valence-electron chi connectivity index (χ2n) is 6.46. The number of hydrogen-bond donors (Lipinski definition) is 1. The van der Waals surface area contributed by atoms with Crippen LogP contribution in [0.25, 0.3) is 0 Å². The summed E-state index contributed by atoms with van der Waals surface area (Å²) in [6, 6.07) is 15.7. The molecule has 0 radical (unpaired) electrons. The van der Waals surface area contributed by atoms with Crippen molar-refractivity contribution in [1.82, 2.24) is 14.8 Å². The van der Waals surface area contributed by atoms with Gasteiger partial charge >= 0.3 is 0 Å². The molecule has 3 aromatic rings. The molecule has 0 aliphatic heterocycles. The minimum Gasteiger partial charge on any atom is -0.383 e. The minimum atomic E-state index is -0.407. The Bertz CT molecular complexity index is 932. The Kier molecular flexibility index (Phi) is 7.37. The molecule has 0 aliphatic carbocycles. The van der Waals surface area contributed by atoms with Gasteiger partial charge in [0.1, 0.15) is 11.6 Å². The first-order valence-electron chi connectivity index (χ1n) is 9.25. The predicted octanol–water partition coefficient (Wildman–Crippen LogP) is 3.77. The van der Waals surface area contributed by atoms with Crippen molar-refractivity contribution in [3.05, 3.63) is 71.8 Å². The molecule has 8 heteroatoms. The number of benzene rings is 2. The van der Waals surface area contributed by atoms with Crippen LogP contribution in [0.3, 0.4) is 0 Å². The molecule has 0 bridgehead atoms. The normalized spacial score (nSPS) is 12.0. The highest BCUT2D eigenvalue weighted by atomic mass is 32.2. The topological polar surface area (TPSA) is 69.0 Å². The van der Waals surface area contributed by atoms with E-state index in [1.54, 1.807) is 14.0 Å². The molecule has 3 rings (SSSR count). The van der Waals surface area contributed by atoms with Crippen LogP contribution in [0.4, 0.5) is 10.1 Å². The van der Waals surface area contributed by atoms with Gasteiger partial charge in [0.15, 0.2) is 5.16 Å². The van der Waals surface area contributed by atoms with Crippen LogP contribution in [0.2, 0.25) is 0 Å². The van der Waals surface area contributed by atoms with Crippen LogP contribution in [-0.2, 0) is 22.5 Å². The molecule has 1 aromatic heterocycles. The standard InChI is InChI=1S/C21H23FN4O2S/c1-15(20(27)23-18-10-8-17(22)9-11-18)29-21-25-24-19(26(21)12-13-28-2)14-16-6-4-3-5-7-16/h3-11,15H,12-14H2,1-2H3,(H,23,27)/t15-/m1/s1. The van der Waals surface area contributed by atoms with Gasteiger partial charge in [-0.2, -0.15) is 0 Å². The van der Waals surface area contributed by atoms with E-state index in [0.717, 1.165) is 11.4 Å². The molecule has 6 nitrogen and oxygen atoms in total. The predicted molar refractivity (Wildman–Crippen MR) is 111 cm³/mol. The molecule has 29 heavy (non-hydrogen) atoms. The summed E-state index contributed by atoms with van der Waals surface area (Å²) >= 11 is 1.33. The lowest BCUT2D eigenvalue weighted by Crippen LogP contribution is -2.23. The number of carbonyl (C=O) groups is 1. The fourth-order valence-electron chi connectivity index (χ4n) is 2.71. The largest absolute Gasteiger partial charge is 0.383 e.